The molecular weight excluding hydrogens is 164 g/mol. The molecule has 1 amide bonds. The summed E-state index contributed by atoms with van der Waals surface area (Å²) in [6.45, 7) is 2.14. The van der Waals surface area contributed by atoms with Gasteiger partial charge in [-0.3, -0.25) is 9.78 Å². The summed E-state index contributed by atoms with van der Waals surface area (Å²) < 4.78 is 0. The first-order valence-corrected chi connectivity index (χ1v) is 4.48. The molecule has 2 rings (SSSR count). The highest BCUT2D eigenvalue weighted by atomic mass is 16.1. The van der Waals surface area contributed by atoms with Crippen LogP contribution in [0.15, 0.2) is 24.5 Å². The van der Waals surface area contributed by atoms with Crippen LogP contribution in [-0.4, -0.2) is 16.9 Å². The number of aromatic nitrogens is 1. The molecule has 13 heavy (non-hydrogen) atoms. The molecule has 1 heterocycles. The molecule has 0 radical (unpaired) electrons. The van der Waals surface area contributed by atoms with Gasteiger partial charge >= 0.3 is 0 Å². The number of carbonyl (C=O) groups is 1. The smallest absolute Gasteiger partial charge is 0.251 e. The Balaban J connectivity index is 1.98. The summed E-state index contributed by atoms with van der Waals surface area (Å²) in [4.78, 5) is 15.4. The van der Waals surface area contributed by atoms with Crippen molar-refractivity contribution >= 4 is 5.91 Å². The highest BCUT2D eigenvalue weighted by Gasteiger charge is 2.33. The largest absolute Gasteiger partial charge is 0.349 e. The molecule has 0 aliphatic heterocycles. The number of rotatable bonds is 2. The van der Waals surface area contributed by atoms with Gasteiger partial charge in [0.1, 0.15) is 0 Å². The Bertz CT molecular complexity index is 310. The van der Waals surface area contributed by atoms with Crippen LogP contribution in [0, 0.1) is 5.92 Å². The first-order valence-electron chi connectivity index (χ1n) is 4.48. The maximum atomic E-state index is 11.5. The van der Waals surface area contributed by atoms with Gasteiger partial charge in [0.15, 0.2) is 0 Å². The molecule has 1 aromatic heterocycles. The van der Waals surface area contributed by atoms with E-state index in [1.807, 2.05) is 0 Å². The second kappa shape index (κ2) is 3.17. The van der Waals surface area contributed by atoms with E-state index in [1.54, 1.807) is 24.5 Å². The Labute approximate surface area is 77.2 Å². The van der Waals surface area contributed by atoms with Crippen molar-refractivity contribution in [2.45, 2.75) is 19.4 Å². The van der Waals surface area contributed by atoms with E-state index in [0.29, 0.717) is 17.5 Å². The summed E-state index contributed by atoms with van der Waals surface area (Å²) >= 11 is 0. The summed E-state index contributed by atoms with van der Waals surface area (Å²) in [5.74, 6) is 0.655. The molecule has 3 nitrogen and oxygen atoms in total. The fraction of sp³-hybridized carbons (Fsp3) is 0.400. The van der Waals surface area contributed by atoms with E-state index in [9.17, 15) is 4.79 Å². The van der Waals surface area contributed by atoms with Crippen LogP contribution in [-0.2, 0) is 0 Å². The molecule has 1 aromatic rings. The summed E-state index contributed by atoms with van der Waals surface area (Å²) in [7, 11) is 0. The summed E-state index contributed by atoms with van der Waals surface area (Å²) in [6, 6.07) is 3.84. The van der Waals surface area contributed by atoms with Gasteiger partial charge < -0.3 is 5.32 Å². The van der Waals surface area contributed by atoms with Gasteiger partial charge in [0.2, 0.25) is 0 Å². The third kappa shape index (κ3) is 1.86. The Morgan fingerprint density at radius 1 is 1.54 bits per heavy atom. The molecule has 1 aliphatic rings. The Hall–Kier alpha value is -1.38. The molecule has 3 heteroatoms. The van der Waals surface area contributed by atoms with Crippen LogP contribution in [0.3, 0.4) is 0 Å². The van der Waals surface area contributed by atoms with Crippen LogP contribution in [0.25, 0.3) is 0 Å². The van der Waals surface area contributed by atoms with Gasteiger partial charge in [-0.05, 0) is 24.5 Å². The maximum absolute atomic E-state index is 11.5. The van der Waals surface area contributed by atoms with Crippen molar-refractivity contribution in [3.63, 3.8) is 0 Å². The minimum Gasteiger partial charge on any atom is -0.349 e. The lowest BCUT2D eigenvalue weighted by atomic mass is 10.2. The van der Waals surface area contributed by atoms with Crippen molar-refractivity contribution in [2.24, 2.45) is 5.92 Å². The normalized spacial score (nSPS) is 25.3. The van der Waals surface area contributed by atoms with Crippen molar-refractivity contribution in [1.82, 2.24) is 10.3 Å². The van der Waals surface area contributed by atoms with Gasteiger partial charge in [-0.25, -0.2) is 0 Å². The van der Waals surface area contributed by atoms with E-state index < -0.39 is 0 Å². The molecule has 2 atom stereocenters. The zero-order valence-electron chi connectivity index (χ0n) is 7.53. The molecule has 0 unspecified atom stereocenters. The number of pyridine rings is 1. The van der Waals surface area contributed by atoms with E-state index in [-0.39, 0.29) is 5.91 Å². The highest BCUT2D eigenvalue weighted by Crippen LogP contribution is 2.29. The molecule has 0 saturated heterocycles. The fourth-order valence-corrected chi connectivity index (χ4v) is 1.28. The molecule has 1 aliphatic carbocycles. The second-order valence-electron chi connectivity index (χ2n) is 3.53. The number of hydrogen-bond acceptors (Lipinski definition) is 2. The Kier molecular flexibility index (Phi) is 2.00. The molecule has 1 N–H and O–H groups in total. The van der Waals surface area contributed by atoms with Crippen LogP contribution in [0.4, 0.5) is 0 Å². The van der Waals surface area contributed by atoms with Gasteiger partial charge in [0.05, 0.1) is 0 Å². The lowest BCUT2D eigenvalue weighted by molar-refractivity contribution is 0.0949. The molecule has 0 spiro atoms. The van der Waals surface area contributed by atoms with Crippen molar-refractivity contribution in [3.05, 3.63) is 30.1 Å². The molecule has 1 saturated carbocycles. The highest BCUT2D eigenvalue weighted by molar-refractivity contribution is 5.94. The molecule has 1 fully saturated rings. The number of nitrogens with zero attached hydrogens (tertiary/aromatic N) is 1. The van der Waals surface area contributed by atoms with Crippen LogP contribution < -0.4 is 5.32 Å². The molecular formula is C10H12N2O. The monoisotopic (exact) mass is 176 g/mol. The standard InChI is InChI=1S/C10H12N2O/c1-7-6-9(7)12-10(13)8-2-4-11-5-3-8/h2-5,7,9H,6H2,1H3,(H,12,13)/t7-,9-/m1/s1. The van der Waals surface area contributed by atoms with Gasteiger partial charge in [-0.15, -0.1) is 0 Å². The second-order valence-corrected chi connectivity index (χ2v) is 3.53. The average molecular weight is 176 g/mol. The van der Waals surface area contributed by atoms with Crippen molar-refractivity contribution < 1.29 is 4.79 Å². The first-order chi connectivity index (χ1) is 6.27. The number of hydrogen-bond donors (Lipinski definition) is 1. The van der Waals surface area contributed by atoms with Gasteiger partial charge in [0.25, 0.3) is 5.91 Å². The molecule has 0 aromatic carbocycles. The maximum Gasteiger partial charge on any atom is 0.251 e. The van der Waals surface area contributed by atoms with Gasteiger partial charge in [-0.2, -0.15) is 0 Å². The molecule has 68 valence electrons. The number of carbonyl (C=O) groups excluding carboxylic acids is 1. The van der Waals surface area contributed by atoms with Crippen molar-refractivity contribution in [2.75, 3.05) is 0 Å². The minimum absolute atomic E-state index is 0.0109. The summed E-state index contributed by atoms with van der Waals surface area (Å²) in [5.41, 5.74) is 0.689. The van der Waals surface area contributed by atoms with Crippen LogP contribution in [0.1, 0.15) is 23.7 Å². The third-order valence-corrected chi connectivity index (χ3v) is 2.37. The van der Waals surface area contributed by atoms with E-state index >= 15 is 0 Å². The van der Waals surface area contributed by atoms with Crippen LogP contribution in [0.2, 0.25) is 0 Å². The summed E-state index contributed by atoms with van der Waals surface area (Å²) in [5, 5.41) is 2.95. The Morgan fingerprint density at radius 2 is 2.15 bits per heavy atom. The lowest BCUT2D eigenvalue weighted by Gasteiger charge is -2.02. The predicted molar refractivity (Wildman–Crippen MR) is 49.3 cm³/mol. The number of amides is 1. The zero-order valence-corrected chi connectivity index (χ0v) is 7.53. The van der Waals surface area contributed by atoms with Crippen molar-refractivity contribution in [1.29, 1.82) is 0 Å². The molecule has 0 bridgehead atoms. The minimum atomic E-state index is 0.0109. The first kappa shape index (κ1) is 8.23. The van der Waals surface area contributed by atoms with E-state index in [4.69, 9.17) is 0 Å². The zero-order chi connectivity index (χ0) is 9.26. The van der Waals surface area contributed by atoms with Crippen LogP contribution >= 0.6 is 0 Å². The third-order valence-electron chi connectivity index (χ3n) is 2.37. The SMILES string of the molecule is C[C@@H]1C[C@H]1NC(=O)c1ccncc1. The van der Waals surface area contributed by atoms with Gasteiger partial charge in [0, 0.05) is 24.0 Å². The quantitative estimate of drug-likeness (QED) is 0.736. The van der Waals surface area contributed by atoms with Crippen LogP contribution in [0.5, 0.6) is 0 Å². The van der Waals surface area contributed by atoms with E-state index in [1.165, 1.54) is 0 Å². The summed E-state index contributed by atoms with van der Waals surface area (Å²) in [6.07, 6.45) is 4.37. The van der Waals surface area contributed by atoms with E-state index in [0.717, 1.165) is 6.42 Å². The average Bonchev–Trinajstić information content (AvgIpc) is 2.83. The number of nitrogens with one attached hydrogen (secondary N) is 1. The topological polar surface area (TPSA) is 42.0 Å². The lowest BCUT2D eigenvalue weighted by Crippen LogP contribution is -2.26. The van der Waals surface area contributed by atoms with E-state index in [2.05, 4.69) is 17.2 Å². The Morgan fingerprint density at radius 3 is 2.69 bits per heavy atom. The fourth-order valence-electron chi connectivity index (χ4n) is 1.28. The van der Waals surface area contributed by atoms with Crippen molar-refractivity contribution in [3.8, 4) is 0 Å². The predicted octanol–water partition coefficient (Wildman–Crippen LogP) is 1.22. The van der Waals surface area contributed by atoms with Gasteiger partial charge in [-0.1, -0.05) is 6.92 Å².